The van der Waals surface area contributed by atoms with Crippen LogP contribution in [0.1, 0.15) is 22.3 Å². The molecule has 0 unspecified atom stereocenters. The Labute approximate surface area is 283 Å². The highest BCUT2D eigenvalue weighted by Crippen LogP contribution is 2.32. The fraction of sp³-hybridized carbons (Fsp3) is 0.350. The van der Waals surface area contributed by atoms with Gasteiger partial charge in [-0.05, 0) is 33.9 Å². The van der Waals surface area contributed by atoms with Crippen LogP contribution >= 0.6 is 0 Å². The first-order chi connectivity index (χ1) is 23.7. The topological polar surface area (TPSA) is 73.8 Å². The zero-order chi connectivity index (χ0) is 32.8. The van der Waals surface area contributed by atoms with Gasteiger partial charge < -0.3 is 37.9 Å². The quantitative estimate of drug-likeness (QED) is 0.118. The van der Waals surface area contributed by atoms with E-state index < -0.39 is 37.0 Å². The van der Waals surface area contributed by atoms with Gasteiger partial charge in [0.1, 0.15) is 24.4 Å². The Morgan fingerprint density at radius 2 is 1.06 bits per heavy atom. The molecular weight excluding hydrogens is 608 g/mol. The Hall–Kier alpha value is -3.70. The third-order valence-corrected chi connectivity index (χ3v) is 8.28. The smallest absolute Gasteiger partial charge is 0.186 e. The molecule has 0 radical (unpaired) electrons. The summed E-state index contributed by atoms with van der Waals surface area (Å²) in [5.74, 6) is 0. The van der Waals surface area contributed by atoms with Gasteiger partial charge in [-0.25, -0.2) is 0 Å². The van der Waals surface area contributed by atoms with Crippen molar-refractivity contribution >= 4 is 0 Å². The van der Waals surface area contributed by atoms with Crippen LogP contribution in [0.2, 0.25) is 0 Å². The second-order valence-electron chi connectivity index (χ2n) is 11.9. The zero-order valence-electron chi connectivity index (χ0n) is 27.3. The van der Waals surface area contributed by atoms with Crippen molar-refractivity contribution in [2.24, 2.45) is 0 Å². The van der Waals surface area contributed by atoms with Gasteiger partial charge in [0.25, 0.3) is 0 Å². The third-order valence-electron chi connectivity index (χ3n) is 8.28. The van der Waals surface area contributed by atoms with Crippen LogP contribution in [0.15, 0.2) is 133 Å². The lowest BCUT2D eigenvalue weighted by molar-refractivity contribution is -0.336. The van der Waals surface area contributed by atoms with Gasteiger partial charge in [0, 0.05) is 7.11 Å². The summed E-state index contributed by atoms with van der Waals surface area (Å²) >= 11 is 0. The maximum atomic E-state index is 6.69. The molecule has 0 aliphatic carbocycles. The molecule has 6 atom stereocenters. The van der Waals surface area contributed by atoms with Crippen molar-refractivity contribution in [2.75, 3.05) is 26.9 Å². The molecule has 0 saturated carbocycles. The predicted molar refractivity (Wildman–Crippen MR) is 181 cm³/mol. The molecule has 4 aromatic rings. The minimum Gasteiger partial charge on any atom is -0.374 e. The molecule has 2 heterocycles. The summed E-state index contributed by atoms with van der Waals surface area (Å²) in [4.78, 5) is 0. The lowest BCUT2D eigenvalue weighted by Crippen LogP contribution is -2.62. The van der Waals surface area contributed by atoms with Gasteiger partial charge in [0.2, 0.25) is 0 Å². The lowest BCUT2D eigenvalue weighted by atomic mass is 9.98. The van der Waals surface area contributed by atoms with Gasteiger partial charge in [-0.1, -0.05) is 121 Å². The second-order valence-corrected chi connectivity index (χ2v) is 11.9. The molecule has 6 rings (SSSR count). The van der Waals surface area contributed by atoms with Gasteiger partial charge in [-0.15, -0.1) is 0 Å². The summed E-state index contributed by atoms with van der Waals surface area (Å²) in [5.41, 5.74) is 5.27. The van der Waals surface area contributed by atoms with E-state index in [0.29, 0.717) is 39.6 Å². The van der Waals surface area contributed by atoms with Crippen molar-refractivity contribution in [3.8, 4) is 0 Å². The maximum Gasteiger partial charge on any atom is 0.186 e. The van der Waals surface area contributed by atoms with Crippen LogP contribution < -0.4 is 0 Å². The monoisotopic (exact) mass is 652 g/mol. The molecular formula is C40H44O8. The van der Waals surface area contributed by atoms with E-state index in [1.54, 1.807) is 7.11 Å². The molecule has 0 aromatic heterocycles. The van der Waals surface area contributed by atoms with Crippen molar-refractivity contribution in [2.45, 2.75) is 63.4 Å². The van der Waals surface area contributed by atoms with Crippen molar-refractivity contribution in [1.29, 1.82) is 0 Å². The molecule has 8 nitrogen and oxygen atoms in total. The molecule has 252 valence electrons. The molecule has 2 aliphatic heterocycles. The van der Waals surface area contributed by atoms with Gasteiger partial charge in [0.05, 0.1) is 46.2 Å². The van der Waals surface area contributed by atoms with Crippen molar-refractivity contribution in [1.82, 2.24) is 0 Å². The highest BCUT2D eigenvalue weighted by atomic mass is 16.8. The average molecular weight is 653 g/mol. The molecule has 0 spiro atoms. The first-order valence-corrected chi connectivity index (χ1v) is 16.4. The second kappa shape index (κ2) is 18.2. The average Bonchev–Trinajstić information content (AvgIpc) is 3.59. The van der Waals surface area contributed by atoms with E-state index >= 15 is 0 Å². The molecule has 4 aromatic carbocycles. The number of hydrogen-bond acceptors (Lipinski definition) is 8. The summed E-state index contributed by atoms with van der Waals surface area (Å²) in [6, 6.07) is 40.3. The summed E-state index contributed by atoms with van der Waals surface area (Å²) in [6.45, 7) is 2.80. The highest BCUT2D eigenvalue weighted by Gasteiger charge is 2.49. The molecule has 2 aliphatic rings. The third kappa shape index (κ3) is 9.92. The minimum absolute atomic E-state index is 0.273. The van der Waals surface area contributed by atoms with Crippen LogP contribution in [0, 0.1) is 0 Å². The van der Waals surface area contributed by atoms with Gasteiger partial charge >= 0.3 is 0 Å². The van der Waals surface area contributed by atoms with Crippen molar-refractivity contribution in [3.63, 3.8) is 0 Å². The number of benzene rings is 4. The van der Waals surface area contributed by atoms with Crippen LogP contribution in [-0.2, 0) is 64.3 Å². The van der Waals surface area contributed by atoms with Crippen LogP contribution in [0.5, 0.6) is 0 Å². The molecule has 1 fully saturated rings. The lowest BCUT2D eigenvalue weighted by Gasteiger charge is -2.46. The van der Waals surface area contributed by atoms with E-state index in [0.717, 1.165) is 27.8 Å². The zero-order valence-corrected chi connectivity index (χ0v) is 27.3. The Bertz CT molecular complexity index is 1500. The number of rotatable bonds is 17. The van der Waals surface area contributed by atoms with Crippen LogP contribution in [0.25, 0.3) is 0 Å². The van der Waals surface area contributed by atoms with Crippen molar-refractivity contribution in [3.05, 3.63) is 155 Å². The summed E-state index contributed by atoms with van der Waals surface area (Å²) in [6.07, 6.45) is -1.71. The van der Waals surface area contributed by atoms with Crippen LogP contribution in [-0.4, -0.2) is 63.9 Å². The standard InChI is InChI=1S/C40H44O8/c1-41-40-39(48-36-22-34(28-44-36)25-42-23-30-14-6-2-7-15-30)38(46-27-33-20-12-5-13-21-33)37(45-26-32-18-10-4-11-19-32)35(47-40)29-43-24-31-16-8-3-9-17-31/h2-22,35-40H,23-29H2,1H3/t35-,36-,37-,38+,39-,40-/m1/s1. The van der Waals surface area contributed by atoms with Crippen LogP contribution in [0.3, 0.4) is 0 Å². The Morgan fingerprint density at radius 3 is 1.60 bits per heavy atom. The van der Waals surface area contributed by atoms with Crippen molar-refractivity contribution < 1.29 is 37.9 Å². The van der Waals surface area contributed by atoms with E-state index in [-0.39, 0.29) is 6.61 Å². The first-order valence-electron chi connectivity index (χ1n) is 16.4. The molecule has 8 heteroatoms. The Balaban J connectivity index is 1.19. The van der Waals surface area contributed by atoms with Gasteiger partial charge in [-0.3, -0.25) is 0 Å². The van der Waals surface area contributed by atoms with E-state index in [9.17, 15) is 0 Å². The predicted octanol–water partition coefficient (Wildman–Crippen LogP) is 6.63. The van der Waals surface area contributed by atoms with E-state index in [1.807, 2.05) is 127 Å². The highest BCUT2D eigenvalue weighted by molar-refractivity contribution is 5.17. The SMILES string of the molecule is CO[C@@H]1O[C@H](COCc2ccccc2)[C@@H](OCc2ccccc2)[C@H](OCc2ccccc2)[C@H]1O[C@@H]1C=C(COCc2ccccc2)CO1. The normalized spacial score (nSPS) is 24.0. The minimum atomic E-state index is -0.761. The summed E-state index contributed by atoms with van der Waals surface area (Å²) in [5, 5.41) is 0. The van der Waals surface area contributed by atoms with Gasteiger partial charge in [-0.2, -0.15) is 0 Å². The molecule has 1 saturated heterocycles. The van der Waals surface area contributed by atoms with E-state index in [1.165, 1.54) is 0 Å². The summed E-state index contributed by atoms with van der Waals surface area (Å²) in [7, 11) is 1.61. The number of ether oxygens (including phenoxy) is 8. The molecule has 0 bridgehead atoms. The molecule has 0 amide bonds. The van der Waals surface area contributed by atoms with Gasteiger partial charge in [0.15, 0.2) is 12.6 Å². The Kier molecular flexibility index (Phi) is 12.9. The fourth-order valence-corrected chi connectivity index (χ4v) is 5.81. The number of methoxy groups -OCH3 is 1. The van der Waals surface area contributed by atoms with E-state index in [4.69, 9.17) is 37.9 Å². The molecule has 0 N–H and O–H groups in total. The largest absolute Gasteiger partial charge is 0.374 e. The fourth-order valence-electron chi connectivity index (χ4n) is 5.81. The van der Waals surface area contributed by atoms with Crippen LogP contribution in [0.4, 0.5) is 0 Å². The molecule has 48 heavy (non-hydrogen) atoms. The van der Waals surface area contributed by atoms with E-state index in [2.05, 4.69) is 0 Å². The Morgan fingerprint density at radius 1 is 0.562 bits per heavy atom. The first kappa shape index (κ1) is 34.2. The summed E-state index contributed by atoms with van der Waals surface area (Å²) < 4.78 is 50.6. The maximum absolute atomic E-state index is 6.69. The number of hydrogen-bond donors (Lipinski definition) is 0.